The lowest BCUT2D eigenvalue weighted by Crippen LogP contribution is -2.27. The van der Waals surface area contributed by atoms with Crippen molar-refractivity contribution in [1.29, 1.82) is 0 Å². The van der Waals surface area contributed by atoms with Crippen LogP contribution < -0.4 is 5.32 Å². The van der Waals surface area contributed by atoms with Crippen molar-refractivity contribution in [3.63, 3.8) is 0 Å². The van der Waals surface area contributed by atoms with Crippen molar-refractivity contribution in [2.24, 2.45) is 17.8 Å². The summed E-state index contributed by atoms with van der Waals surface area (Å²) in [7, 11) is 0. The van der Waals surface area contributed by atoms with Crippen LogP contribution >= 0.6 is 0 Å². The van der Waals surface area contributed by atoms with E-state index in [2.05, 4.69) is 12.2 Å². The average molecular weight is 209 g/mol. The van der Waals surface area contributed by atoms with E-state index in [-0.39, 0.29) is 0 Å². The smallest absolute Gasteiger partial charge is 0.00462 e. The van der Waals surface area contributed by atoms with Gasteiger partial charge in [0.05, 0.1) is 0 Å². The van der Waals surface area contributed by atoms with Crippen molar-refractivity contribution in [2.75, 3.05) is 13.1 Å². The maximum Gasteiger partial charge on any atom is -0.00462 e. The van der Waals surface area contributed by atoms with Crippen LogP contribution in [0.15, 0.2) is 0 Å². The molecule has 0 bridgehead atoms. The molecule has 1 saturated heterocycles. The first kappa shape index (κ1) is 11.4. The van der Waals surface area contributed by atoms with Gasteiger partial charge in [-0.05, 0) is 56.5 Å². The van der Waals surface area contributed by atoms with Crippen LogP contribution in [-0.4, -0.2) is 13.1 Å². The highest BCUT2D eigenvalue weighted by Crippen LogP contribution is 2.40. The number of rotatable bonds is 2. The predicted octanol–water partition coefficient (Wildman–Crippen LogP) is 3.59. The van der Waals surface area contributed by atoms with Gasteiger partial charge in [-0.25, -0.2) is 0 Å². The van der Waals surface area contributed by atoms with Crippen LogP contribution in [0, 0.1) is 17.8 Å². The van der Waals surface area contributed by atoms with Gasteiger partial charge in [0.2, 0.25) is 0 Å². The zero-order chi connectivity index (χ0) is 10.5. The number of nitrogens with one attached hydrogen (secondary N) is 1. The van der Waals surface area contributed by atoms with Crippen LogP contribution in [0.4, 0.5) is 0 Å². The molecule has 15 heavy (non-hydrogen) atoms. The van der Waals surface area contributed by atoms with E-state index in [0.717, 1.165) is 17.8 Å². The van der Waals surface area contributed by atoms with Gasteiger partial charge in [0.25, 0.3) is 0 Å². The van der Waals surface area contributed by atoms with E-state index in [1.54, 1.807) is 0 Å². The van der Waals surface area contributed by atoms with Gasteiger partial charge in [0, 0.05) is 0 Å². The molecule has 2 rings (SSSR count). The Bertz CT molecular complexity index is 170. The summed E-state index contributed by atoms with van der Waals surface area (Å²) in [5.74, 6) is 3.18. The zero-order valence-electron chi connectivity index (χ0n) is 10.3. The first-order chi connectivity index (χ1) is 7.42. The van der Waals surface area contributed by atoms with Gasteiger partial charge < -0.3 is 5.32 Å². The molecule has 3 unspecified atom stereocenters. The fourth-order valence-corrected chi connectivity index (χ4v) is 3.84. The van der Waals surface area contributed by atoms with Crippen molar-refractivity contribution in [3.05, 3.63) is 0 Å². The van der Waals surface area contributed by atoms with Crippen LogP contribution in [0.3, 0.4) is 0 Å². The molecule has 1 aliphatic heterocycles. The van der Waals surface area contributed by atoms with E-state index in [1.165, 1.54) is 64.5 Å². The van der Waals surface area contributed by atoms with Crippen molar-refractivity contribution < 1.29 is 0 Å². The Labute approximate surface area is 95.0 Å². The highest BCUT2D eigenvalue weighted by molar-refractivity contribution is 4.82. The summed E-state index contributed by atoms with van der Waals surface area (Å²) < 4.78 is 0. The minimum absolute atomic E-state index is 1.05. The average Bonchev–Trinajstić information content (AvgIpc) is 2.57. The van der Waals surface area contributed by atoms with Crippen LogP contribution in [0.5, 0.6) is 0 Å². The van der Waals surface area contributed by atoms with Crippen molar-refractivity contribution in [1.82, 2.24) is 5.32 Å². The summed E-state index contributed by atoms with van der Waals surface area (Å²) in [5.41, 5.74) is 0. The molecule has 1 aliphatic carbocycles. The third kappa shape index (κ3) is 2.96. The molecule has 0 spiro atoms. The molecule has 88 valence electrons. The maximum absolute atomic E-state index is 3.55. The highest BCUT2D eigenvalue weighted by Gasteiger charge is 2.30. The fourth-order valence-electron chi connectivity index (χ4n) is 3.84. The van der Waals surface area contributed by atoms with Gasteiger partial charge in [0.15, 0.2) is 0 Å². The van der Waals surface area contributed by atoms with E-state index in [4.69, 9.17) is 0 Å². The minimum atomic E-state index is 1.05. The molecule has 1 heteroatoms. The summed E-state index contributed by atoms with van der Waals surface area (Å²) in [6.07, 6.45) is 11.8. The Hall–Kier alpha value is -0.0400. The Kier molecular flexibility index (Phi) is 4.49. The molecule has 2 aliphatic rings. The Morgan fingerprint density at radius 2 is 1.80 bits per heavy atom. The normalized spacial score (nSPS) is 38.6. The predicted molar refractivity (Wildman–Crippen MR) is 65.9 cm³/mol. The summed E-state index contributed by atoms with van der Waals surface area (Å²) >= 11 is 0. The van der Waals surface area contributed by atoms with Crippen LogP contribution in [0.2, 0.25) is 0 Å². The second kappa shape index (κ2) is 5.89. The summed E-state index contributed by atoms with van der Waals surface area (Å²) in [5, 5.41) is 3.55. The molecule has 0 radical (unpaired) electrons. The van der Waals surface area contributed by atoms with Gasteiger partial charge in [-0.1, -0.05) is 32.6 Å². The number of hydrogen-bond donors (Lipinski definition) is 1. The molecule has 0 amide bonds. The van der Waals surface area contributed by atoms with Gasteiger partial charge >= 0.3 is 0 Å². The number of hydrogen-bond acceptors (Lipinski definition) is 1. The molecular formula is C14H27N. The maximum atomic E-state index is 3.55. The minimum Gasteiger partial charge on any atom is -0.317 e. The first-order valence-electron chi connectivity index (χ1n) is 7.12. The van der Waals surface area contributed by atoms with Gasteiger partial charge in [-0.2, -0.15) is 0 Å². The Balaban J connectivity index is 1.92. The summed E-state index contributed by atoms with van der Waals surface area (Å²) in [4.78, 5) is 0. The standard InChI is InChI=1S/C14H27N/c1-2-12-6-3-4-8-14(12)13-7-5-10-15-11-9-13/h12-15H,2-11H2,1H3. The lowest BCUT2D eigenvalue weighted by molar-refractivity contribution is 0.145. The van der Waals surface area contributed by atoms with E-state index in [9.17, 15) is 0 Å². The zero-order valence-corrected chi connectivity index (χ0v) is 10.3. The second-order valence-electron chi connectivity index (χ2n) is 5.56. The second-order valence-corrected chi connectivity index (χ2v) is 5.56. The molecule has 1 N–H and O–H groups in total. The topological polar surface area (TPSA) is 12.0 Å². The van der Waals surface area contributed by atoms with E-state index in [1.807, 2.05) is 0 Å². The third-order valence-electron chi connectivity index (χ3n) is 4.72. The highest BCUT2D eigenvalue weighted by atomic mass is 14.8. The molecule has 0 aromatic carbocycles. The van der Waals surface area contributed by atoms with Gasteiger partial charge in [-0.3, -0.25) is 0 Å². The SMILES string of the molecule is CCC1CCCCC1C1CCCNCC1. The quantitative estimate of drug-likeness (QED) is 0.733. The molecule has 0 aromatic rings. The molecule has 1 saturated carbocycles. The molecule has 1 nitrogen and oxygen atoms in total. The molecule has 3 atom stereocenters. The van der Waals surface area contributed by atoms with E-state index >= 15 is 0 Å². The van der Waals surface area contributed by atoms with Crippen molar-refractivity contribution in [3.8, 4) is 0 Å². The van der Waals surface area contributed by atoms with Crippen molar-refractivity contribution in [2.45, 2.75) is 58.3 Å². The van der Waals surface area contributed by atoms with E-state index in [0.29, 0.717) is 0 Å². The van der Waals surface area contributed by atoms with Crippen LogP contribution in [-0.2, 0) is 0 Å². The Morgan fingerprint density at radius 1 is 0.933 bits per heavy atom. The van der Waals surface area contributed by atoms with Crippen LogP contribution in [0.1, 0.15) is 58.3 Å². The molecule has 0 aromatic heterocycles. The fraction of sp³-hybridized carbons (Fsp3) is 1.00. The summed E-state index contributed by atoms with van der Waals surface area (Å²) in [6, 6.07) is 0. The molecule has 1 heterocycles. The first-order valence-corrected chi connectivity index (χ1v) is 7.12. The molecule has 2 fully saturated rings. The lowest BCUT2D eigenvalue weighted by atomic mass is 9.69. The van der Waals surface area contributed by atoms with E-state index < -0.39 is 0 Å². The van der Waals surface area contributed by atoms with Crippen molar-refractivity contribution >= 4 is 0 Å². The summed E-state index contributed by atoms with van der Waals surface area (Å²) in [6.45, 7) is 4.94. The molecular weight excluding hydrogens is 182 g/mol. The van der Waals surface area contributed by atoms with Crippen LogP contribution in [0.25, 0.3) is 0 Å². The van der Waals surface area contributed by atoms with Gasteiger partial charge in [-0.15, -0.1) is 0 Å². The van der Waals surface area contributed by atoms with Gasteiger partial charge in [0.1, 0.15) is 0 Å². The lowest BCUT2D eigenvalue weighted by Gasteiger charge is -2.36. The Morgan fingerprint density at radius 3 is 2.67 bits per heavy atom. The monoisotopic (exact) mass is 209 g/mol. The largest absolute Gasteiger partial charge is 0.317 e. The third-order valence-corrected chi connectivity index (χ3v) is 4.72.